The van der Waals surface area contributed by atoms with Crippen molar-refractivity contribution >= 4 is 23.3 Å². The third kappa shape index (κ3) is 4.46. The lowest BCUT2D eigenvalue weighted by Gasteiger charge is -2.13. The summed E-state index contributed by atoms with van der Waals surface area (Å²) in [6.45, 7) is 3.05. The summed E-state index contributed by atoms with van der Waals surface area (Å²) in [6.07, 6.45) is 1.21. The van der Waals surface area contributed by atoms with Crippen molar-refractivity contribution < 1.29 is 14.3 Å². The summed E-state index contributed by atoms with van der Waals surface area (Å²) < 4.78 is 4.70. The molecule has 1 aromatic carbocycles. The second-order valence-corrected chi connectivity index (χ2v) is 4.29. The van der Waals surface area contributed by atoms with Crippen LogP contribution in [-0.4, -0.2) is 32.1 Å². The quantitative estimate of drug-likeness (QED) is 0.518. The number of amides is 1. The number of carbonyl (C=O) groups excluding carboxylic acids is 2. The predicted molar refractivity (Wildman–Crippen MR) is 78.6 cm³/mol. The summed E-state index contributed by atoms with van der Waals surface area (Å²) in [5.41, 5.74) is 7.15. The summed E-state index contributed by atoms with van der Waals surface area (Å²) in [5.74, 6) is -0.497. The van der Waals surface area contributed by atoms with E-state index in [1.165, 1.54) is 7.11 Å². The summed E-state index contributed by atoms with van der Waals surface area (Å²) in [5, 5.41) is 5.80. The first-order chi connectivity index (χ1) is 9.60. The maximum absolute atomic E-state index is 11.6. The molecule has 0 aliphatic heterocycles. The first-order valence-electron chi connectivity index (χ1n) is 6.57. The largest absolute Gasteiger partial charge is 0.465 e. The van der Waals surface area contributed by atoms with E-state index in [0.29, 0.717) is 36.4 Å². The summed E-state index contributed by atoms with van der Waals surface area (Å²) >= 11 is 0. The van der Waals surface area contributed by atoms with Crippen LogP contribution in [0.25, 0.3) is 0 Å². The molecule has 0 unspecified atom stereocenters. The average molecular weight is 279 g/mol. The lowest BCUT2D eigenvalue weighted by atomic mass is 10.1. The molecule has 0 saturated heterocycles. The smallest absolute Gasteiger partial charge is 0.340 e. The Kier molecular flexibility index (Phi) is 6.36. The third-order valence-corrected chi connectivity index (χ3v) is 2.73. The van der Waals surface area contributed by atoms with Gasteiger partial charge in [-0.2, -0.15) is 0 Å². The minimum Gasteiger partial charge on any atom is -0.465 e. The molecule has 0 aliphatic carbocycles. The highest BCUT2D eigenvalue weighted by molar-refractivity contribution is 5.98. The highest BCUT2D eigenvalue weighted by Crippen LogP contribution is 2.24. The number of nitrogen functional groups attached to an aromatic ring is 1. The van der Waals surface area contributed by atoms with Crippen LogP contribution < -0.4 is 16.4 Å². The van der Waals surface area contributed by atoms with Gasteiger partial charge in [0.2, 0.25) is 5.91 Å². The Bertz CT molecular complexity index is 475. The van der Waals surface area contributed by atoms with Crippen LogP contribution in [0.3, 0.4) is 0 Å². The Morgan fingerprint density at radius 3 is 2.70 bits per heavy atom. The number of nitrogens with one attached hydrogen (secondary N) is 2. The molecule has 0 aromatic heterocycles. The molecule has 110 valence electrons. The van der Waals surface area contributed by atoms with Gasteiger partial charge in [-0.3, -0.25) is 4.79 Å². The number of hydrogen-bond donors (Lipinski definition) is 3. The molecule has 1 aromatic rings. The molecular weight excluding hydrogens is 258 g/mol. The standard InChI is InChI=1S/C14H21N3O3/c1-3-8-16-12(18)7-9-17-13-10(14(19)20-2)5-4-6-11(13)15/h4-6,17H,3,7-9,15H2,1-2H3,(H,16,18). The van der Waals surface area contributed by atoms with Crippen molar-refractivity contribution in [2.45, 2.75) is 19.8 Å². The lowest BCUT2D eigenvalue weighted by Crippen LogP contribution is -2.26. The van der Waals surface area contributed by atoms with Gasteiger partial charge in [0.1, 0.15) is 0 Å². The number of para-hydroxylation sites is 1. The number of benzene rings is 1. The maximum Gasteiger partial charge on any atom is 0.340 e. The second-order valence-electron chi connectivity index (χ2n) is 4.29. The average Bonchev–Trinajstić information content (AvgIpc) is 2.45. The van der Waals surface area contributed by atoms with Gasteiger partial charge in [0.15, 0.2) is 0 Å². The molecule has 1 rings (SSSR count). The van der Waals surface area contributed by atoms with Gasteiger partial charge < -0.3 is 21.1 Å². The van der Waals surface area contributed by atoms with Crippen LogP contribution in [0.5, 0.6) is 0 Å². The zero-order valence-corrected chi connectivity index (χ0v) is 11.9. The van der Waals surface area contributed by atoms with Crippen molar-refractivity contribution in [3.05, 3.63) is 23.8 Å². The van der Waals surface area contributed by atoms with E-state index < -0.39 is 5.97 Å². The van der Waals surface area contributed by atoms with Crippen molar-refractivity contribution in [1.29, 1.82) is 0 Å². The maximum atomic E-state index is 11.6. The van der Waals surface area contributed by atoms with Crippen molar-refractivity contribution in [2.24, 2.45) is 0 Å². The van der Waals surface area contributed by atoms with E-state index in [0.717, 1.165) is 6.42 Å². The fraction of sp³-hybridized carbons (Fsp3) is 0.429. The molecular formula is C14H21N3O3. The molecule has 0 radical (unpaired) electrons. The van der Waals surface area contributed by atoms with E-state index in [1.54, 1.807) is 18.2 Å². The van der Waals surface area contributed by atoms with Crippen molar-refractivity contribution in [2.75, 3.05) is 31.2 Å². The van der Waals surface area contributed by atoms with Gasteiger partial charge in [0.05, 0.1) is 24.0 Å². The zero-order chi connectivity index (χ0) is 15.0. The molecule has 0 bridgehead atoms. The van der Waals surface area contributed by atoms with Gasteiger partial charge in [-0.25, -0.2) is 4.79 Å². The van der Waals surface area contributed by atoms with Crippen molar-refractivity contribution in [3.63, 3.8) is 0 Å². The Balaban J connectivity index is 2.63. The molecule has 1 amide bonds. The van der Waals surface area contributed by atoms with E-state index in [9.17, 15) is 9.59 Å². The molecule has 0 aliphatic rings. The van der Waals surface area contributed by atoms with E-state index in [1.807, 2.05) is 6.92 Å². The molecule has 0 fully saturated rings. The van der Waals surface area contributed by atoms with Gasteiger partial charge in [-0.05, 0) is 18.6 Å². The number of methoxy groups -OCH3 is 1. The van der Waals surface area contributed by atoms with Gasteiger partial charge in [-0.1, -0.05) is 13.0 Å². The molecule has 0 spiro atoms. The predicted octanol–water partition coefficient (Wildman–Crippen LogP) is 1.38. The number of anilines is 2. The highest BCUT2D eigenvalue weighted by Gasteiger charge is 2.14. The Morgan fingerprint density at radius 2 is 2.05 bits per heavy atom. The fourth-order valence-electron chi connectivity index (χ4n) is 1.70. The Morgan fingerprint density at radius 1 is 1.30 bits per heavy atom. The number of esters is 1. The van der Waals surface area contributed by atoms with E-state index in [4.69, 9.17) is 10.5 Å². The molecule has 0 atom stereocenters. The molecule has 6 heteroatoms. The van der Waals surface area contributed by atoms with Gasteiger partial charge in [-0.15, -0.1) is 0 Å². The minimum absolute atomic E-state index is 0.0338. The molecule has 0 heterocycles. The number of hydrogen-bond acceptors (Lipinski definition) is 5. The SMILES string of the molecule is CCCNC(=O)CCNc1c(N)cccc1C(=O)OC. The Labute approximate surface area is 118 Å². The first-order valence-corrected chi connectivity index (χ1v) is 6.57. The summed E-state index contributed by atoms with van der Waals surface area (Å²) in [6, 6.07) is 4.99. The second kappa shape index (κ2) is 8.04. The van der Waals surface area contributed by atoms with E-state index in [2.05, 4.69) is 10.6 Å². The van der Waals surface area contributed by atoms with Crippen LogP contribution in [0.15, 0.2) is 18.2 Å². The minimum atomic E-state index is -0.463. The van der Waals surface area contributed by atoms with Crippen LogP contribution >= 0.6 is 0 Å². The summed E-state index contributed by atoms with van der Waals surface area (Å²) in [7, 11) is 1.31. The van der Waals surface area contributed by atoms with E-state index in [-0.39, 0.29) is 5.91 Å². The summed E-state index contributed by atoms with van der Waals surface area (Å²) in [4.78, 5) is 23.1. The van der Waals surface area contributed by atoms with Gasteiger partial charge >= 0.3 is 5.97 Å². The fourth-order valence-corrected chi connectivity index (χ4v) is 1.70. The van der Waals surface area contributed by atoms with Gasteiger partial charge in [0, 0.05) is 19.5 Å². The normalized spacial score (nSPS) is 9.90. The van der Waals surface area contributed by atoms with Crippen molar-refractivity contribution in [1.82, 2.24) is 5.32 Å². The molecule has 4 N–H and O–H groups in total. The first kappa shape index (κ1) is 15.8. The van der Waals surface area contributed by atoms with Crippen LogP contribution in [0.2, 0.25) is 0 Å². The lowest BCUT2D eigenvalue weighted by molar-refractivity contribution is -0.120. The van der Waals surface area contributed by atoms with Gasteiger partial charge in [0.25, 0.3) is 0 Å². The van der Waals surface area contributed by atoms with Crippen LogP contribution in [0, 0.1) is 0 Å². The molecule has 0 saturated carbocycles. The monoisotopic (exact) mass is 279 g/mol. The van der Waals surface area contributed by atoms with Crippen LogP contribution in [0.1, 0.15) is 30.1 Å². The van der Waals surface area contributed by atoms with Crippen molar-refractivity contribution in [3.8, 4) is 0 Å². The zero-order valence-electron chi connectivity index (χ0n) is 11.9. The van der Waals surface area contributed by atoms with Crippen LogP contribution in [0.4, 0.5) is 11.4 Å². The Hall–Kier alpha value is -2.24. The van der Waals surface area contributed by atoms with Crippen LogP contribution in [-0.2, 0) is 9.53 Å². The third-order valence-electron chi connectivity index (χ3n) is 2.73. The number of rotatable bonds is 7. The number of nitrogens with two attached hydrogens (primary N) is 1. The number of ether oxygens (including phenoxy) is 1. The number of carbonyl (C=O) groups is 2. The van der Waals surface area contributed by atoms with E-state index >= 15 is 0 Å². The highest BCUT2D eigenvalue weighted by atomic mass is 16.5. The molecule has 20 heavy (non-hydrogen) atoms. The topological polar surface area (TPSA) is 93.5 Å². The molecule has 6 nitrogen and oxygen atoms in total.